The van der Waals surface area contributed by atoms with Gasteiger partial charge in [0, 0.05) is 5.41 Å². The lowest BCUT2D eigenvalue weighted by molar-refractivity contribution is -0.162. The average Bonchev–Trinajstić information content (AvgIpc) is 3.11. The zero-order valence-corrected chi connectivity index (χ0v) is 20.6. The standard InChI is InChI=1S/C29H44O3/c1-4-5-6-7-8-9-10-20(2)28(31)32-27-16-15-26-25-13-11-21-19-22(30)12-14-23(21)24(25)17-18-29(26,27)3/h12,14,19-20,24-27,30H,4-11,13,15-18H2,1-3H3/t20?,24-,25-,26+,27+,29+/m1/s1. The summed E-state index contributed by atoms with van der Waals surface area (Å²) in [6.45, 7) is 6.72. The number of phenols is 1. The molecule has 4 rings (SSSR count). The molecule has 0 aromatic heterocycles. The number of hydrogen-bond acceptors (Lipinski definition) is 3. The largest absolute Gasteiger partial charge is 0.508 e. The molecule has 1 unspecified atom stereocenters. The van der Waals surface area contributed by atoms with Crippen LogP contribution in [0.2, 0.25) is 0 Å². The van der Waals surface area contributed by atoms with Crippen LogP contribution in [0.25, 0.3) is 0 Å². The molecule has 32 heavy (non-hydrogen) atoms. The second kappa shape index (κ2) is 10.2. The average molecular weight is 441 g/mol. The second-order valence-electron chi connectivity index (χ2n) is 11.3. The summed E-state index contributed by atoms with van der Waals surface area (Å²) in [4.78, 5) is 12.9. The summed E-state index contributed by atoms with van der Waals surface area (Å²) in [6, 6.07) is 6.00. The van der Waals surface area contributed by atoms with Gasteiger partial charge in [0.15, 0.2) is 0 Å². The third-order valence-corrected chi connectivity index (χ3v) is 9.27. The Morgan fingerprint density at radius 2 is 1.91 bits per heavy atom. The number of fused-ring (bicyclic) bond motifs is 5. The molecule has 1 N–H and O–H groups in total. The normalized spacial score (nSPS) is 32.0. The number of carbonyl (C=O) groups excluding carboxylic acids is 1. The quantitative estimate of drug-likeness (QED) is 0.318. The molecule has 0 aliphatic heterocycles. The number of esters is 1. The molecule has 0 bridgehead atoms. The topological polar surface area (TPSA) is 46.5 Å². The number of aromatic hydroxyl groups is 1. The van der Waals surface area contributed by atoms with Gasteiger partial charge < -0.3 is 9.84 Å². The molecule has 0 spiro atoms. The number of carbonyl (C=O) groups is 1. The van der Waals surface area contributed by atoms with E-state index in [1.807, 2.05) is 12.1 Å². The molecule has 3 heteroatoms. The van der Waals surface area contributed by atoms with Crippen LogP contribution in [-0.4, -0.2) is 17.2 Å². The van der Waals surface area contributed by atoms with Gasteiger partial charge >= 0.3 is 5.97 Å². The van der Waals surface area contributed by atoms with Crippen molar-refractivity contribution in [2.45, 2.75) is 116 Å². The minimum absolute atomic E-state index is 0.0226. The number of benzene rings is 1. The molecule has 1 aromatic rings. The molecule has 0 radical (unpaired) electrons. The highest BCUT2D eigenvalue weighted by atomic mass is 16.5. The van der Waals surface area contributed by atoms with Gasteiger partial charge in [-0.1, -0.05) is 65.4 Å². The highest BCUT2D eigenvalue weighted by Gasteiger charge is 2.56. The van der Waals surface area contributed by atoms with Crippen LogP contribution in [0.15, 0.2) is 18.2 Å². The number of aryl methyl sites for hydroxylation is 1. The van der Waals surface area contributed by atoms with Gasteiger partial charge in [0.2, 0.25) is 0 Å². The first-order valence-electron chi connectivity index (χ1n) is 13.5. The van der Waals surface area contributed by atoms with Crippen LogP contribution in [0.5, 0.6) is 5.75 Å². The Bertz CT molecular complexity index is 787. The van der Waals surface area contributed by atoms with Crippen molar-refractivity contribution in [1.29, 1.82) is 0 Å². The van der Waals surface area contributed by atoms with E-state index in [1.165, 1.54) is 62.5 Å². The van der Waals surface area contributed by atoms with Crippen LogP contribution >= 0.6 is 0 Å². The highest BCUT2D eigenvalue weighted by Crippen LogP contribution is 2.61. The van der Waals surface area contributed by atoms with Crippen molar-refractivity contribution in [2.24, 2.45) is 23.2 Å². The fourth-order valence-electron chi connectivity index (χ4n) is 7.32. The zero-order chi connectivity index (χ0) is 22.7. The summed E-state index contributed by atoms with van der Waals surface area (Å²) in [7, 11) is 0. The summed E-state index contributed by atoms with van der Waals surface area (Å²) in [5.74, 6) is 2.40. The Hall–Kier alpha value is -1.51. The van der Waals surface area contributed by atoms with Gasteiger partial charge in [-0.3, -0.25) is 4.79 Å². The van der Waals surface area contributed by atoms with Crippen molar-refractivity contribution in [3.8, 4) is 5.75 Å². The fourth-order valence-corrected chi connectivity index (χ4v) is 7.32. The van der Waals surface area contributed by atoms with Crippen molar-refractivity contribution in [2.75, 3.05) is 0 Å². The molecule has 0 saturated heterocycles. The van der Waals surface area contributed by atoms with Gasteiger partial charge in [0.25, 0.3) is 0 Å². The van der Waals surface area contributed by atoms with Crippen LogP contribution in [0.1, 0.15) is 115 Å². The molecule has 2 fully saturated rings. The Morgan fingerprint density at radius 3 is 2.72 bits per heavy atom. The SMILES string of the molecule is CCCCCCCCC(C)C(=O)O[C@H]1CC[C@H]2[C@@H]3CCc4cc(O)ccc4[C@H]3CC[C@]12C. The number of rotatable bonds is 9. The smallest absolute Gasteiger partial charge is 0.308 e. The first-order chi connectivity index (χ1) is 15.4. The lowest BCUT2D eigenvalue weighted by Crippen LogP contribution is -2.45. The molecule has 0 amide bonds. The summed E-state index contributed by atoms with van der Waals surface area (Å²) in [5, 5.41) is 9.89. The molecule has 1 aromatic carbocycles. The Balaban J connectivity index is 1.33. The minimum Gasteiger partial charge on any atom is -0.508 e. The third kappa shape index (κ3) is 4.73. The minimum atomic E-state index is 0.0226. The predicted molar refractivity (Wildman–Crippen MR) is 130 cm³/mol. The molecule has 3 nitrogen and oxygen atoms in total. The van der Waals surface area contributed by atoms with E-state index in [0.29, 0.717) is 23.5 Å². The predicted octanol–water partition coefficient (Wildman–Crippen LogP) is 7.55. The first kappa shape index (κ1) is 23.6. The van der Waals surface area contributed by atoms with Gasteiger partial charge in [0.1, 0.15) is 11.9 Å². The highest BCUT2D eigenvalue weighted by molar-refractivity contribution is 5.72. The number of phenolic OH excluding ortho intramolecular Hbond substituents is 1. The van der Waals surface area contributed by atoms with Gasteiger partial charge in [-0.25, -0.2) is 0 Å². The van der Waals surface area contributed by atoms with E-state index in [9.17, 15) is 9.90 Å². The third-order valence-electron chi connectivity index (χ3n) is 9.27. The fraction of sp³-hybridized carbons (Fsp3) is 0.759. The molecular weight excluding hydrogens is 396 g/mol. The van der Waals surface area contributed by atoms with Gasteiger partial charge in [-0.05, 0) is 86.0 Å². The van der Waals surface area contributed by atoms with E-state index in [4.69, 9.17) is 4.74 Å². The molecule has 3 aliphatic rings. The number of hydrogen-bond donors (Lipinski definition) is 1. The van der Waals surface area contributed by atoms with Crippen molar-refractivity contribution in [1.82, 2.24) is 0 Å². The van der Waals surface area contributed by atoms with Crippen LogP contribution in [0, 0.1) is 23.2 Å². The van der Waals surface area contributed by atoms with E-state index in [0.717, 1.165) is 32.1 Å². The van der Waals surface area contributed by atoms with Crippen LogP contribution in [0.3, 0.4) is 0 Å². The van der Waals surface area contributed by atoms with E-state index in [1.54, 1.807) is 0 Å². The monoisotopic (exact) mass is 440 g/mol. The zero-order valence-electron chi connectivity index (χ0n) is 20.6. The lowest BCUT2D eigenvalue weighted by atomic mass is 9.55. The van der Waals surface area contributed by atoms with Crippen molar-refractivity contribution < 1.29 is 14.6 Å². The van der Waals surface area contributed by atoms with Crippen molar-refractivity contribution >= 4 is 5.97 Å². The molecule has 6 atom stereocenters. The Kier molecular flexibility index (Phi) is 7.52. The van der Waals surface area contributed by atoms with Gasteiger partial charge in [0.05, 0.1) is 5.92 Å². The summed E-state index contributed by atoms with van der Waals surface area (Å²) >= 11 is 0. The van der Waals surface area contributed by atoms with Crippen molar-refractivity contribution in [3.63, 3.8) is 0 Å². The maximum atomic E-state index is 12.9. The van der Waals surface area contributed by atoms with E-state index in [-0.39, 0.29) is 23.4 Å². The van der Waals surface area contributed by atoms with Crippen LogP contribution < -0.4 is 0 Å². The molecular formula is C29H44O3. The first-order valence-corrected chi connectivity index (χ1v) is 13.5. The molecule has 3 aliphatic carbocycles. The summed E-state index contributed by atoms with van der Waals surface area (Å²) in [6.07, 6.45) is 15.5. The molecule has 0 heterocycles. The lowest BCUT2D eigenvalue weighted by Gasteiger charge is -2.50. The summed E-state index contributed by atoms with van der Waals surface area (Å²) < 4.78 is 6.23. The van der Waals surface area contributed by atoms with E-state index >= 15 is 0 Å². The Labute approximate surface area is 195 Å². The van der Waals surface area contributed by atoms with Gasteiger partial charge in [-0.2, -0.15) is 0 Å². The Morgan fingerprint density at radius 1 is 1.12 bits per heavy atom. The molecule has 178 valence electrons. The van der Waals surface area contributed by atoms with Crippen LogP contribution in [0.4, 0.5) is 0 Å². The summed E-state index contributed by atoms with van der Waals surface area (Å²) in [5.41, 5.74) is 2.94. The van der Waals surface area contributed by atoms with E-state index in [2.05, 4.69) is 26.8 Å². The number of ether oxygens (including phenoxy) is 1. The maximum Gasteiger partial charge on any atom is 0.308 e. The maximum absolute atomic E-state index is 12.9. The number of unbranched alkanes of at least 4 members (excludes halogenated alkanes) is 5. The van der Waals surface area contributed by atoms with E-state index < -0.39 is 0 Å². The molecule has 2 saturated carbocycles. The van der Waals surface area contributed by atoms with Crippen molar-refractivity contribution in [3.05, 3.63) is 29.3 Å². The second-order valence-corrected chi connectivity index (χ2v) is 11.3. The van der Waals surface area contributed by atoms with Gasteiger partial charge in [-0.15, -0.1) is 0 Å². The van der Waals surface area contributed by atoms with Crippen LogP contribution in [-0.2, 0) is 16.0 Å².